The maximum Gasteiger partial charge on any atom is 0.133 e. The van der Waals surface area contributed by atoms with E-state index in [2.05, 4.69) is 19.1 Å². The largest absolute Gasteiger partial charge is 0.490 e. The predicted molar refractivity (Wildman–Crippen MR) is 68.4 cm³/mol. The third-order valence-corrected chi connectivity index (χ3v) is 3.23. The average Bonchev–Trinajstić information content (AvgIpc) is 2.68. The summed E-state index contributed by atoms with van der Waals surface area (Å²) >= 11 is 0. The molecule has 0 aromatic heterocycles. The van der Waals surface area contributed by atoms with Crippen molar-refractivity contribution in [2.45, 2.75) is 52.1 Å². The van der Waals surface area contributed by atoms with Crippen LogP contribution in [0.3, 0.4) is 0 Å². The third kappa shape index (κ3) is 3.09. The summed E-state index contributed by atoms with van der Waals surface area (Å²) in [5.41, 5.74) is 2.56. The molecule has 1 aromatic rings. The van der Waals surface area contributed by atoms with Gasteiger partial charge in [0.2, 0.25) is 0 Å². The smallest absolute Gasteiger partial charge is 0.133 e. The Labute approximate surface area is 103 Å². The van der Waals surface area contributed by atoms with Crippen LogP contribution >= 0.6 is 0 Å². The van der Waals surface area contributed by atoms with Crippen molar-refractivity contribution in [2.75, 3.05) is 0 Å². The first kappa shape index (κ1) is 12.2. The second-order valence-corrected chi connectivity index (χ2v) is 4.88. The van der Waals surface area contributed by atoms with Crippen LogP contribution in [-0.2, 0) is 11.2 Å². The predicted octanol–water partition coefficient (Wildman–Crippen LogP) is 3.45. The van der Waals surface area contributed by atoms with Gasteiger partial charge in [0.05, 0.1) is 0 Å². The van der Waals surface area contributed by atoms with E-state index in [1.165, 1.54) is 11.1 Å². The molecule has 0 bridgehead atoms. The Kier molecular flexibility index (Phi) is 3.82. The van der Waals surface area contributed by atoms with Crippen molar-refractivity contribution in [3.8, 4) is 5.75 Å². The highest BCUT2D eigenvalue weighted by Crippen LogP contribution is 2.31. The summed E-state index contributed by atoms with van der Waals surface area (Å²) in [6, 6.07) is 6.30. The molecule has 2 heteroatoms. The van der Waals surface area contributed by atoms with Gasteiger partial charge in [-0.3, -0.25) is 4.79 Å². The first-order valence-corrected chi connectivity index (χ1v) is 6.47. The van der Waals surface area contributed by atoms with Gasteiger partial charge < -0.3 is 4.74 Å². The molecule has 0 radical (unpaired) electrons. The topological polar surface area (TPSA) is 26.3 Å². The zero-order chi connectivity index (χ0) is 12.3. The molecule has 0 fully saturated rings. The molecule has 0 N–H and O–H groups in total. The molecule has 1 aliphatic heterocycles. The van der Waals surface area contributed by atoms with Crippen LogP contribution in [0.25, 0.3) is 0 Å². The lowest BCUT2D eigenvalue weighted by Crippen LogP contribution is -2.14. The molecule has 0 saturated carbocycles. The van der Waals surface area contributed by atoms with Gasteiger partial charge in [-0.05, 0) is 31.4 Å². The average molecular weight is 232 g/mol. The molecule has 2 nitrogen and oxygen atoms in total. The fourth-order valence-electron chi connectivity index (χ4n) is 2.34. The number of hydrogen-bond donors (Lipinski definition) is 0. The minimum Gasteiger partial charge on any atom is -0.490 e. The van der Waals surface area contributed by atoms with Crippen molar-refractivity contribution in [2.24, 2.45) is 0 Å². The van der Waals surface area contributed by atoms with E-state index in [0.29, 0.717) is 18.6 Å². The molecule has 1 heterocycles. The summed E-state index contributed by atoms with van der Waals surface area (Å²) in [5, 5.41) is 0. The second kappa shape index (κ2) is 5.35. The quantitative estimate of drug-likeness (QED) is 0.777. The zero-order valence-corrected chi connectivity index (χ0v) is 10.7. The molecule has 0 spiro atoms. The number of rotatable bonds is 5. The van der Waals surface area contributed by atoms with Crippen LogP contribution in [0.1, 0.15) is 43.7 Å². The van der Waals surface area contributed by atoms with E-state index in [-0.39, 0.29) is 6.10 Å². The molecule has 1 unspecified atom stereocenters. The Morgan fingerprint density at radius 2 is 2.24 bits per heavy atom. The van der Waals surface area contributed by atoms with Gasteiger partial charge in [0.25, 0.3) is 0 Å². The van der Waals surface area contributed by atoms with Gasteiger partial charge in [0.1, 0.15) is 17.6 Å². The number of ether oxygens (including phenoxy) is 1. The first-order valence-electron chi connectivity index (χ1n) is 6.47. The van der Waals surface area contributed by atoms with Gasteiger partial charge in [0.15, 0.2) is 0 Å². The molecule has 92 valence electrons. The highest BCUT2D eigenvalue weighted by molar-refractivity contribution is 5.78. The second-order valence-electron chi connectivity index (χ2n) is 4.88. The molecule has 0 amide bonds. The Hall–Kier alpha value is -1.31. The molecule has 17 heavy (non-hydrogen) atoms. The van der Waals surface area contributed by atoms with Gasteiger partial charge in [-0.15, -0.1) is 0 Å². The van der Waals surface area contributed by atoms with Gasteiger partial charge in [0, 0.05) is 19.3 Å². The van der Waals surface area contributed by atoms with Gasteiger partial charge in [-0.25, -0.2) is 0 Å². The SMILES string of the molecule is CCCC(=O)CCC1Cc2cc(C)ccc2O1. The maximum absolute atomic E-state index is 11.5. The fourth-order valence-corrected chi connectivity index (χ4v) is 2.34. The summed E-state index contributed by atoms with van der Waals surface area (Å²) in [7, 11) is 0. The van der Waals surface area contributed by atoms with Crippen molar-refractivity contribution in [1.29, 1.82) is 0 Å². The number of hydrogen-bond acceptors (Lipinski definition) is 2. The molecule has 2 rings (SSSR count). The molecule has 1 atom stereocenters. The van der Waals surface area contributed by atoms with E-state index >= 15 is 0 Å². The van der Waals surface area contributed by atoms with Crippen molar-refractivity contribution in [1.82, 2.24) is 0 Å². The van der Waals surface area contributed by atoms with E-state index < -0.39 is 0 Å². The highest BCUT2D eigenvalue weighted by atomic mass is 16.5. The lowest BCUT2D eigenvalue weighted by molar-refractivity contribution is -0.119. The minimum atomic E-state index is 0.201. The molecule has 0 aliphatic carbocycles. The standard InChI is InChI=1S/C15H20O2/c1-3-4-13(16)6-7-14-10-12-9-11(2)5-8-15(12)17-14/h5,8-9,14H,3-4,6-7,10H2,1-2H3. The van der Waals surface area contributed by atoms with E-state index in [0.717, 1.165) is 25.0 Å². The van der Waals surface area contributed by atoms with E-state index in [9.17, 15) is 4.79 Å². The van der Waals surface area contributed by atoms with Crippen molar-refractivity contribution in [3.05, 3.63) is 29.3 Å². The molecule has 1 aliphatic rings. The van der Waals surface area contributed by atoms with Crippen LogP contribution in [0.5, 0.6) is 5.75 Å². The molecular weight excluding hydrogens is 212 g/mol. The van der Waals surface area contributed by atoms with Crippen LogP contribution in [0.15, 0.2) is 18.2 Å². The number of carbonyl (C=O) groups excluding carboxylic acids is 1. The van der Waals surface area contributed by atoms with Gasteiger partial charge in [-0.2, -0.15) is 0 Å². The first-order chi connectivity index (χ1) is 8.19. The van der Waals surface area contributed by atoms with Crippen LogP contribution < -0.4 is 4.74 Å². The minimum absolute atomic E-state index is 0.201. The van der Waals surface area contributed by atoms with Crippen molar-refractivity contribution >= 4 is 5.78 Å². The fraction of sp³-hybridized carbons (Fsp3) is 0.533. The van der Waals surface area contributed by atoms with Gasteiger partial charge in [-0.1, -0.05) is 24.6 Å². The number of carbonyl (C=O) groups is 1. The highest BCUT2D eigenvalue weighted by Gasteiger charge is 2.22. The van der Waals surface area contributed by atoms with Crippen molar-refractivity contribution in [3.63, 3.8) is 0 Å². The zero-order valence-electron chi connectivity index (χ0n) is 10.7. The summed E-state index contributed by atoms with van der Waals surface area (Å²) in [4.78, 5) is 11.5. The summed E-state index contributed by atoms with van der Waals surface area (Å²) in [6.07, 6.45) is 4.32. The molecular formula is C15H20O2. The molecule has 1 aromatic carbocycles. The van der Waals surface area contributed by atoms with Gasteiger partial charge >= 0.3 is 0 Å². The maximum atomic E-state index is 11.5. The summed E-state index contributed by atoms with van der Waals surface area (Å²) in [5.74, 6) is 1.37. The normalized spacial score (nSPS) is 17.6. The van der Waals surface area contributed by atoms with Crippen molar-refractivity contribution < 1.29 is 9.53 Å². The van der Waals surface area contributed by atoms with Crippen LogP contribution in [0.4, 0.5) is 0 Å². The lowest BCUT2D eigenvalue weighted by Gasteiger charge is -2.09. The number of aryl methyl sites for hydroxylation is 1. The Morgan fingerprint density at radius 1 is 1.41 bits per heavy atom. The Morgan fingerprint density at radius 3 is 3.00 bits per heavy atom. The van der Waals surface area contributed by atoms with E-state index in [1.54, 1.807) is 0 Å². The number of Topliss-reactive ketones (excluding diaryl/α,β-unsaturated/α-hetero) is 1. The van der Waals surface area contributed by atoms with E-state index in [1.807, 2.05) is 13.0 Å². The Bertz CT molecular complexity index is 409. The lowest BCUT2D eigenvalue weighted by atomic mass is 10.0. The van der Waals surface area contributed by atoms with Crippen LogP contribution in [0, 0.1) is 6.92 Å². The summed E-state index contributed by atoms with van der Waals surface area (Å²) < 4.78 is 5.84. The third-order valence-electron chi connectivity index (χ3n) is 3.23. The van der Waals surface area contributed by atoms with E-state index in [4.69, 9.17) is 4.74 Å². The monoisotopic (exact) mass is 232 g/mol. The number of ketones is 1. The number of fused-ring (bicyclic) bond motifs is 1. The summed E-state index contributed by atoms with van der Waals surface area (Å²) in [6.45, 7) is 4.14. The number of benzene rings is 1. The molecule has 0 saturated heterocycles. The van der Waals surface area contributed by atoms with Crippen LogP contribution in [0.2, 0.25) is 0 Å². The Balaban J connectivity index is 1.86. The van der Waals surface area contributed by atoms with Crippen LogP contribution in [-0.4, -0.2) is 11.9 Å².